The molecule has 1 atom stereocenters. The van der Waals surface area contributed by atoms with Crippen molar-refractivity contribution in [1.29, 1.82) is 0 Å². The van der Waals surface area contributed by atoms with Crippen LogP contribution in [0.3, 0.4) is 0 Å². The highest BCUT2D eigenvalue weighted by Gasteiger charge is 2.35. The summed E-state index contributed by atoms with van der Waals surface area (Å²) in [6.45, 7) is 0. The number of benzene rings is 3. The van der Waals surface area contributed by atoms with Crippen LogP contribution in [0.5, 0.6) is 0 Å². The Labute approximate surface area is 200 Å². The number of anilines is 1. The third kappa shape index (κ3) is 5.59. The second kappa shape index (κ2) is 9.26. The molecule has 0 saturated heterocycles. The number of carbonyl (C=O) groups excluding carboxylic acids is 1. The number of urea groups is 1. The molecule has 4 rings (SSSR count). The standard InChI is InChI=1S/C24H16ClF6N3O/c25-18-9-3-14(4-10-18)20-13-21(15-1-5-16(6-2-15)23(26,27)28)34(33-20)22(35)32-19-11-7-17(8-12-19)24(29,30)31/h1-12,21H,13H2,(H,32,35). The van der Waals surface area contributed by atoms with Crippen LogP contribution >= 0.6 is 11.6 Å². The number of alkyl halides is 6. The van der Waals surface area contributed by atoms with Crippen molar-refractivity contribution in [3.05, 3.63) is 100 Å². The van der Waals surface area contributed by atoms with Crippen molar-refractivity contribution in [3.8, 4) is 0 Å². The number of hydrogen-bond acceptors (Lipinski definition) is 2. The zero-order valence-corrected chi connectivity index (χ0v) is 18.4. The van der Waals surface area contributed by atoms with Crippen molar-refractivity contribution < 1.29 is 31.1 Å². The normalized spacial score (nSPS) is 16.3. The Morgan fingerprint density at radius 1 is 0.829 bits per heavy atom. The van der Waals surface area contributed by atoms with Gasteiger partial charge in [-0.05, 0) is 59.7 Å². The molecule has 1 aliphatic heterocycles. The number of hydrogen-bond donors (Lipinski definition) is 1. The van der Waals surface area contributed by atoms with Crippen LogP contribution in [0.2, 0.25) is 5.02 Å². The Bertz CT molecular complexity index is 1240. The lowest BCUT2D eigenvalue weighted by molar-refractivity contribution is -0.138. The topological polar surface area (TPSA) is 44.7 Å². The molecule has 2 amide bonds. The third-order valence-electron chi connectivity index (χ3n) is 5.38. The van der Waals surface area contributed by atoms with E-state index in [-0.39, 0.29) is 12.1 Å². The lowest BCUT2D eigenvalue weighted by atomic mass is 9.97. The van der Waals surface area contributed by atoms with Gasteiger partial charge in [-0.15, -0.1) is 0 Å². The number of nitrogens with one attached hydrogen (secondary N) is 1. The molecular weight excluding hydrogens is 496 g/mol. The van der Waals surface area contributed by atoms with Crippen LogP contribution in [-0.2, 0) is 12.4 Å². The Morgan fingerprint density at radius 2 is 1.34 bits per heavy atom. The predicted octanol–water partition coefficient (Wildman–Crippen LogP) is 7.76. The SMILES string of the molecule is O=C(Nc1ccc(C(F)(F)F)cc1)N1N=C(c2ccc(Cl)cc2)CC1c1ccc(C(F)(F)F)cc1. The molecule has 0 aromatic heterocycles. The second-order valence-electron chi connectivity index (χ2n) is 7.74. The summed E-state index contributed by atoms with van der Waals surface area (Å²) in [5.74, 6) is 0. The molecule has 0 radical (unpaired) electrons. The van der Waals surface area contributed by atoms with E-state index in [4.69, 9.17) is 11.6 Å². The fraction of sp³-hybridized carbons (Fsp3) is 0.167. The summed E-state index contributed by atoms with van der Waals surface area (Å²) < 4.78 is 77.4. The first kappa shape index (κ1) is 24.6. The van der Waals surface area contributed by atoms with Gasteiger partial charge in [0.25, 0.3) is 0 Å². The maximum absolute atomic E-state index is 13.0. The lowest BCUT2D eigenvalue weighted by Gasteiger charge is -2.23. The number of hydrazone groups is 1. The molecule has 11 heteroatoms. The zero-order chi connectivity index (χ0) is 25.4. The summed E-state index contributed by atoms with van der Waals surface area (Å²) in [7, 11) is 0. The van der Waals surface area contributed by atoms with E-state index >= 15 is 0 Å². The molecule has 182 valence electrons. The summed E-state index contributed by atoms with van der Waals surface area (Å²) in [5.41, 5.74) is -0.0379. The fourth-order valence-electron chi connectivity index (χ4n) is 3.59. The highest BCUT2D eigenvalue weighted by molar-refractivity contribution is 6.30. The van der Waals surface area contributed by atoms with Gasteiger partial charge < -0.3 is 5.32 Å². The molecule has 0 saturated carbocycles. The number of rotatable bonds is 3. The fourth-order valence-corrected chi connectivity index (χ4v) is 3.72. The van der Waals surface area contributed by atoms with E-state index in [9.17, 15) is 31.1 Å². The average molecular weight is 512 g/mol. The van der Waals surface area contributed by atoms with Gasteiger partial charge in [-0.1, -0.05) is 35.9 Å². The Balaban J connectivity index is 1.62. The largest absolute Gasteiger partial charge is 0.416 e. The van der Waals surface area contributed by atoms with Gasteiger partial charge in [0.1, 0.15) is 0 Å². The average Bonchev–Trinajstić information content (AvgIpc) is 3.24. The van der Waals surface area contributed by atoms with Crippen molar-refractivity contribution in [2.24, 2.45) is 5.10 Å². The van der Waals surface area contributed by atoms with E-state index in [1.54, 1.807) is 24.3 Å². The van der Waals surface area contributed by atoms with Gasteiger partial charge in [0.2, 0.25) is 0 Å². The Hall–Kier alpha value is -3.53. The van der Waals surface area contributed by atoms with Crippen LogP contribution in [0.4, 0.5) is 36.8 Å². The molecule has 1 N–H and O–H groups in total. The highest BCUT2D eigenvalue weighted by atomic mass is 35.5. The van der Waals surface area contributed by atoms with Crippen molar-refractivity contribution >= 4 is 29.0 Å². The van der Waals surface area contributed by atoms with Crippen molar-refractivity contribution in [1.82, 2.24) is 5.01 Å². The van der Waals surface area contributed by atoms with Crippen molar-refractivity contribution in [3.63, 3.8) is 0 Å². The summed E-state index contributed by atoms with van der Waals surface area (Å²) in [6.07, 6.45) is -8.84. The van der Waals surface area contributed by atoms with Crippen molar-refractivity contribution in [2.75, 3.05) is 5.32 Å². The molecule has 0 fully saturated rings. The summed E-state index contributed by atoms with van der Waals surface area (Å²) in [4.78, 5) is 13.0. The monoisotopic (exact) mass is 511 g/mol. The number of amides is 2. The highest BCUT2D eigenvalue weighted by Crippen LogP contribution is 2.36. The van der Waals surface area contributed by atoms with E-state index in [1.807, 2.05) is 0 Å². The van der Waals surface area contributed by atoms with E-state index < -0.39 is 35.6 Å². The molecule has 0 spiro atoms. The van der Waals surface area contributed by atoms with E-state index in [2.05, 4.69) is 10.4 Å². The molecule has 3 aromatic carbocycles. The first-order chi connectivity index (χ1) is 16.4. The van der Waals surface area contributed by atoms with Crippen LogP contribution in [0.25, 0.3) is 0 Å². The van der Waals surface area contributed by atoms with Gasteiger partial charge >= 0.3 is 18.4 Å². The minimum Gasteiger partial charge on any atom is -0.306 e. The van der Waals surface area contributed by atoms with Crippen molar-refractivity contribution in [2.45, 2.75) is 24.8 Å². The molecular formula is C24H16ClF6N3O. The van der Waals surface area contributed by atoms with Gasteiger partial charge in [0.05, 0.1) is 22.9 Å². The lowest BCUT2D eigenvalue weighted by Crippen LogP contribution is -2.31. The van der Waals surface area contributed by atoms with Gasteiger partial charge in [-0.3, -0.25) is 0 Å². The third-order valence-corrected chi connectivity index (χ3v) is 5.63. The zero-order valence-electron chi connectivity index (χ0n) is 17.7. The minimum absolute atomic E-state index is 0.101. The minimum atomic E-state index is -4.52. The summed E-state index contributed by atoms with van der Waals surface area (Å²) >= 11 is 5.93. The smallest absolute Gasteiger partial charge is 0.306 e. The Morgan fingerprint density at radius 3 is 1.86 bits per heavy atom. The molecule has 0 aliphatic carbocycles. The maximum atomic E-state index is 13.0. The van der Waals surface area contributed by atoms with Gasteiger partial charge in [-0.25, -0.2) is 9.80 Å². The van der Waals surface area contributed by atoms with Gasteiger partial charge in [0, 0.05) is 17.1 Å². The van der Waals surface area contributed by atoms with Crippen LogP contribution in [0.15, 0.2) is 77.9 Å². The maximum Gasteiger partial charge on any atom is 0.416 e. The molecule has 1 unspecified atom stereocenters. The number of nitrogens with zero attached hydrogens (tertiary/aromatic N) is 2. The van der Waals surface area contributed by atoms with Crippen LogP contribution in [0, 0.1) is 0 Å². The number of carbonyl (C=O) groups is 1. The van der Waals surface area contributed by atoms with Crippen LogP contribution < -0.4 is 5.32 Å². The van der Waals surface area contributed by atoms with E-state index in [0.29, 0.717) is 21.9 Å². The molecule has 3 aromatic rings. The molecule has 1 aliphatic rings. The number of halogens is 7. The summed E-state index contributed by atoms with van der Waals surface area (Å²) in [6, 6.07) is 13.4. The van der Waals surface area contributed by atoms with Gasteiger partial charge in [0.15, 0.2) is 0 Å². The molecule has 35 heavy (non-hydrogen) atoms. The molecule has 0 bridgehead atoms. The van der Waals surface area contributed by atoms with E-state index in [0.717, 1.165) is 41.4 Å². The van der Waals surface area contributed by atoms with Crippen LogP contribution in [0.1, 0.15) is 34.7 Å². The molecule has 4 nitrogen and oxygen atoms in total. The predicted molar refractivity (Wildman–Crippen MR) is 119 cm³/mol. The first-order valence-electron chi connectivity index (χ1n) is 10.2. The Kier molecular flexibility index (Phi) is 6.50. The quantitative estimate of drug-likeness (QED) is 0.359. The second-order valence-corrected chi connectivity index (χ2v) is 8.18. The van der Waals surface area contributed by atoms with E-state index in [1.165, 1.54) is 12.1 Å². The summed E-state index contributed by atoms with van der Waals surface area (Å²) in [5, 5.41) is 8.42. The van der Waals surface area contributed by atoms with Gasteiger partial charge in [-0.2, -0.15) is 31.4 Å². The van der Waals surface area contributed by atoms with Crippen LogP contribution in [-0.4, -0.2) is 16.8 Å². The molecule has 1 heterocycles. The first-order valence-corrected chi connectivity index (χ1v) is 10.6.